The van der Waals surface area contributed by atoms with E-state index in [1.54, 1.807) is 0 Å². The Morgan fingerprint density at radius 2 is 2.27 bits per heavy atom. The molecular weight excluding hydrogens is 196 g/mol. The van der Waals surface area contributed by atoms with Crippen molar-refractivity contribution < 1.29 is 14.3 Å². The topological polar surface area (TPSA) is 73.6 Å². The Kier molecular flexibility index (Phi) is 5.31. The number of carbonyl (C=O) groups is 1. The fourth-order valence-corrected chi connectivity index (χ4v) is 1.36. The minimum Gasteiger partial charge on any atom is -0.380 e. The zero-order chi connectivity index (χ0) is 11.1. The van der Waals surface area contributed by atoms with Crippen LogP contribution in [0.25, 0.3) is 0 Å². The van der Waals surface area contributed by atoms with Crippen molar-refractivity contribution in [2.45, 2.75) is 6.92 Å². The van der Waals surface area contributed by atoms with Crippen molar-refractivity contribution in [3.05, 3.63) is 11.3 Å². The first-order chi connectivity index (χ1) is 7.25. The van der Waals surface area contributed by atoms with Crippen LogP contribution in [0.4, 0.5) is 0 Å². The van der Waals surface area contributed by atoms with Crippen LogP contribution in [0.2, 0.25) is 0 Å². The molecule has 0 bridgehead atoms. The first-order valence-corrected chi connectivity index (χ1v) is 5.08. The van der Waals surface area contributed by atoms with E-state index in [9.17, 15) is 4.79 Å². The van der Waals surface area contributed by atoms with E-state index in [0.717, 1.165) is 5.57 Å². The Morgan fingerprint density at radius 3 is 2.93 bits per heavy atom. The first-order valence-electron chi connectivity index (χ1n) is 5.08. The molecule has 1 rings (SSSR count). The van der Waals surface area contributed by atoms with Gasteiger partial charge in [-0.1, -0.05) is 0 Å². The molecule has 15 heavy (non-hydrogen) atoms. The van der Waals surface area contributed by atoms with Crippen molar-refractivity contribution in [3.63, 3.8) is 0 Å². The molecule has 0 aromatic heterocycles. The second-order valence-corrected chi connectivity index (χ2v) is 3.40. The van der Waals surface area contributed by atoms with Gasteiger partial charge in [-0.15, -0.1) is 0 Å². The van der Waals surface area contributed by atoms with Crippen molar-refractivity contribution in [1.82, 2.24) is 5.32 Å². The van der Waals surface area contributed by atoms with Gasteiger partial charge in [0.15, 0.2) is 0 Å². The van der Waals surface area contributed by atoms with Gasteiger partial charge in [0.2, 0.25) is 5.78 Å². The van der Waals surface area contributed by atoms with Gasteiger partial charge in [0.25, 0.3) is 0 Å². The number of nitrogens with two attached hydrogens (primary N) is 1. The predicted octanol–water partition coefficient (Wildman–Crippen LogP) is -0.575. The number of ketones is 1. The highest BCUT2D eigenvalue weighted by atomic mass is 16.5. The number of hydrogen-bond donors (Lipinski definition) is 2. The molecule has 3 N–H and O–H groups in total. The molecule has 1 aliphatic rings. The summed E-state index contributed by atoms with van der Waals surface area (Å²) in [5.74, 6) is 0.0116. The van der Waals surface area contributed by atoms with Gasteiger partial charge in [-0.05, 0) is 12.5 Å². The van der Waals surface area contributed by atoms with Crippen LogP contribution in [-0.2, 0) is 14.3 Å². The summed E-state index contributed by atoms with van der Waals surface area (Å²) in [4.78, 5) is 11.4. The lowest BCUT2D eigenvalue weighted by Crippen LogP contribution is -2.32. The maximum absolute atomic E-state index is 11.4. The van der Waals surface area contributed by atoms with E-state index in [1.165, 1.54) is 0 Å². The molecule has 1 heterocycles. The van der Waals surface area contributed by atoms with Gasteiger partial charge in [-0.3, -0.25) is 4.79 Å². The lowest BCUT2D eigenvalue weighted by Gasteiger charge is -2.18. The zero-order valence-electron chi connectivity index (χ0n) is 9.04. The summed E-state index contributed by atoms with van der Waals surface area (Å²) in [6.45, 7) is 4.84. The van der Waals surface area contributed by atoms with Gasteiger partial charge in [0.05, 0.1) is 25.5 Å². The standard InChI is InChI=1S/C10H18N2O3/c1-8-6-15-7-9(13)10(8)12-3-5-14-4-2-11/h12H,2-7,11H2,1H3. The van der Waals surface area contributed by atoms with Crippen molar-refractivity contribution >= 4 is 5.78 Å². The molecular formula is C10H18N2O3. The maximum atomic E-state index is 11.4. The quantitative estimate of drug-likeness (QED) is 0.579. The molecule has 0 radical (unpaired) electrons. The number of carbonyl (C=O) groups excluding carboxylic acids is 1. The highest BCUT2D eigenvalue weighted by Crippen LogP contribution is 2.08. The molecule has 0 amide bonds. The van der Waals surface area contributed by atoms with Gasteiger partial charge in [0, 0.05) is 13.1 Å². The third-order valence-electron chi connectivity index (χ3n) is 2.07. The van der Waals surface area contributed by atoms with Crippen LogP contribution in [0, 0.1) is 0 Å². The average molecular weight is 214 g/mol. The van der Waals surface area contributed by atoms with Crippen LogP contribution in [0.3, 0.4) is 0 Å². The molecule has 0 fully saturated rings. The Labute approximate surface area is 89.6 Å². The van der Waals surface area contributed by atoms with Crippen LogP contribution in [0.5, 0.6) is 0 Å². The van der Waals surface area contributed by atoms with Crippen LogP contribution < -0.4 is 11.1 Å². The number of nitrogens with one attached hydrogen (secondary N) is 1. The molecule has 0 atom stereocenters. The molecule has 5 heteroatoms. The largest absolute Gasteiger partial charge is 0.380 e. The number of hydrogen-bond acceptors (Lipinski definition) is 5. The van der Waals surface area contributed by atoms with Crippen LogP contribution in [-0.4, -0.2) is 45.3 Å². The fourth-order valence-electron chi connectivity index (χ4n) is 1.36. The normalized spacial score (nSPS) is 17.1. The number of ether oxygens (including phenoxy) is 2. The molecule has 1 aliphatic heterocycles. The Bertz CT molecular complexity index is 251. The summed E-state index contributed by atoms with van der Waals surface area (Å²) >= 11 is 0. The Balaban J connectivity index is 2.27. The first kappa shape index (κ1) is 12.2. The van der Waals surface area contributed by atoms with E-state index in [1.807, 2.05) is 6.92 Å². The lowest BCUT2D eigenvalue weighted by molar-refractivity contribution is -0.121. The lowest BCUT2D eigenvalue weighted by atomic mass is 10.1. The molecule has 0 unspecified atom stereocenters. The van der Waals surface area contributed by atoms with E-state index in [4.69, 9.17) is 15.2 Å². The van der Waals surface area contributed by atoms with Gasteiger partial charge in [-0.2, -0.15) is 0 Å². The molecule has 0 saturated carbocycles. The van der Waals surface area contributed by atoms with Crippen molar-refractivity contribution in [3.8, 4) is 0 Å². The van der Waals surface area contributed by atoms with Gasteiger partial charge in [0.1, 0.15) is 6.61 Å². The Morgan fingerprint density at radius 1 is 1.47 bits per heavy atom. The smallest absolute Gasteiger partial charge is 0.204 e. The third-order valence-corrected chi connectivity index (χ3v) is 2.07. The molecule has 0 saturated heterocycles. The third kappa shape index (κ3) is 3.99. The number of Topliss-reactive ketones (excluding diaryl/α,β-unsaturated/α-hetero) is 1. The SMILES string of the molecule is CC1=C(NCCOCCN)C(=O)COC1. The fraction of sp³-hybridized carbons (Fsp3) is 0.700. The van der Waals surface area contributed by atoms with E-state index in [-0.39, 0.29) is 12.4 Å². The summed E-state index contributed by atoms with van der Waals surface area (Å²) in [5, 5.41) is 3.06. The predicted molar refractivity (Wildman–Crippen MR) is 56.4 cm³/mol. The van der Waals surface area contributed by atoms with E-state index < -0.39 is 0 Å². The summed E-state index contributed by atoms with van der Waals surface area (Å²) in [5.41, 5.74) is 6.90. The van der Waals surface area contributed by atoms with Gasteiger partial charge in [-0.25, -0.2) is 0 Å². The molecule has 5 nitrogen and oxygen atoms in total. The van der Waals surface area contributed by atoms with E-state index >= 15 is 0 Å². The highest BCUT2D eigenvalue weighted by molar-refractivity contribution is 5.97. The summed E-state index contributed by atoms with van der Waals surface area (Å²) in [7, 11) is 0. The van der Waals surface area contributed by atoms with Crippen LogP contribution in [0.15, 0.2) is 11.3 Å². The average Bonchev–Trinajstić information content (AvgIpc) is 2.21. The molecule has 0 aromatic carbocycles. The van der Waals surface area contributed by atoms with E-state index in [0.29, 0.717) is 38.6 Å². The van der Waals surface area contributed by atoms with Gasteiger partial charge < -0.3 is 20.5 Å². The summed E-state index contributed by atoms with van der Waals surface area (Å²) in [6.07, 6.45) is 0. The second kappa shape index (κ2) is 6.55. The maximum Gasteiger partial charge on any atom is 0.204 e. The molecule has 0 aromatic rings. The Hall–Kier alpha value is -0.910. The molecule has 0 aliphatic carbocycles. The highest BCUT2D eigenvalue weighted by Gasteiger charge is 2.17. The summed E-state index contributed by atoms with van der Waals surface area (Å²) < 4.78 is 10.3. The van der Waals surface area contributed by atoms with Crippen molar-refractivity contribution in [1.29, 1.82) is 0 Å². The van der Waals surface area contributed by atoms with Crippen molar-refractivity contribution in [2.75, 3.05) is 39.5 Å². The summed E-state index contributed by atoms with van der Waals surface area (Å²) in [6, 6.07) is 0. The molecule has 86 valence electrons. The van der Waals surface area contributed by atoms with Gasteiger partial charge >= 0.3 is 0 Å². The van der Waals surface area contributed by atoms with E-state index in [2.05, 4.69) is 5.32 Å². The minimum absolute atomic E-state index is 0.0116. The van der Waals surface area contributed by atoms with Crippen molar-refractivity contribution in [2.24, 2.45) is 5.73 Å². The monoisotopic (exact) mass is 214 g/mol. The number of rotatable bonds is 6. The van der Waals surface area contributed by atoms with Crippen LogP contribution >= 0.6 is 0 Å². The van der Waals surface area contributed by atoms with Crippen LogP contribution in [0.1, 0.15) is 6.92 Å². The molecule has 0 spiro atoms. The zero-order valence-corrected chi connectivity index (χ0v) is 9.04. The minimum atomic E-state index is 0.0116. The second-order valence-electron chi connectivity index (χ2n) is 3.40.